The van der Waals surface area contributed by atoms with Crippen LogP contribution in [0.3, 0.4) is 0 Å². The normalized spacial score (nSPS) is 10.5. The first-order valence-electron chi connectivity index (χ1n) is 5.35. The molecule has 0 fully saturated rings. The van der Waals surface area contributed by atoms with Gasteiger partial charge >= 0.3 is 0 Å². The van der Waals surface area contributed by atoms with Crippen molar-refractivity contribution in [3.63, 3.8) is 0 Å². The third-order valence-corrected chi connectivity index (χ3v) is 3.30. The Hall–Kier alpha value is -1.18. The third kappa shape index (κ3) is 2.93. The maximum atomic E-state index is 6.01. The summed E-state index contributed by atoms with van der Waals surface area (Å²) >= 11 is 11.9. The zero-order valence-corrected chi connectivity index (χ0v) is 11.0. The molecule has 2 aromatic rings. The number of nitrogens with two attached hydrogens (primary N) is 1. The lowest BCUT2D eigenvalue weighted by molar-refractivity contribution is 1.16. The highest BCUT2D eigenvalue weighted by Gasteiger charge is 2.05. The molecule has 1 nitrogen and oxygen atoms in total. The quantitative estimate of drug-likeness (QED) is 0.797. The van der Waals surface area contributed by atoms with Crippen molar-refractivity contribution in [2.45, 2.75) is 13.3 Å². The number of benzene rings is 2. The second kappa shape index (κ2) is 4.99. The number of rotatable bonds is 2. The molecule has 0 bridgehead atoms. The fraction of sp³-hybridized carbons (Fsp3) is 0.143. The van der Waals surface area contributed by atoms with E-state index in [0.717, 1.165) is 28.3 Å². The highest BCUT2D eigenvalue weighted by atomic mass is 35.5. The third-order valence-electron chi connectivity index (χ3n) is 2.83. The van der Waals surface area contributed by atoms with Gasteiger partial charge in [-0.2, -0.15) is 0 Å². The maximum absolute atomic E-state index is 6.01. The molecular weight excluding hydrogens is 253 g/mol. The summed E-state index contributed by atoms with van der Waals surface area (Å²) in [4.78, 5) is 0. The summed E-state index contributed by atoms with van der Waals surface area (Å²) in [6, 6.07) is 11.5. The van der Waals surface area contributed by atoms with Crippen LogP contribution < -0.4 is 5.73 Å². The standard InChI is InChI=1S/C14H13Cl2N/c1-9-11(7-13(16)8-14(9)17)6-10-2-4-12(15)5-3-10/h2-5,7-8H,6,17H2,1H3. The highest BCUT2D eigenvalue weighted by Crippen LogP contribution is 2.24. The Balaban J connectivity index is 2.32. The molecule has 0 atom stereocenters. The van der Waals surface area contributed by atoms with Crippen molar-refractivity contribution in [2.75, 3.05) is 5.73 Å². The van der Waals surface area contributed by atoms with E-state index in [4.69, 9.17) is 28.9 Å². The number of halogens is 2. The van der Waals surface area contributed by atoms with Gasteiger partial charge in [-0.05, 0) is 54.3 Å². The van der Waals surface area contributed by atoms with Crippen LogP contribution in [0.2, 0.25) is 10.0 Å². The number of hydrogen-bond donors (Lipinski definition) is 1. The largest absolute Gasteiger partial charge is 0.398 e. The highest BCUT2D eigenvalue weighted by molar-refractivity contribution is 6.31. The molecule has 2 N–H and O–H groups in total. The molecular formula is C14H13Cl2N. The van der Waals surface area contributed by atoms with Crippen LogP contribution in [0.4, 0.5) is 5.69 Å². The van der Waals surface area contributed by atoms with E-state index in [-0.39, 0.29) is 0 Å². The van der Waals surface area contributed by atoms with Crippen LogP contribution in [-0.2, 0) is 6.42 Å². The monoisotopic (exact) mass is 265 g/mol. The van der Waals surface area contributed by atoms with Crippen LogP contribution in [-0.4, -0.2) is 0 Å². The lowest BCUT2D eigenvalue weighted by Gasteiger charge is -2.09. The van der Waals surface area contributed by atoms with Crippen molar-refractivity contribution in [1.29, 1.82) is 0 Å². The molecule has 0 aliphatic rings. The fourth-order valence-corrected chi connectivity index (χ4v) is 2.14. The van der Waals surface area contributed by atoms with E-state index >= 15 is 0 Å². The van der Waals surface area contributed by atoms with E-state index < -0.39 is 0 Å². The fourth-order valence-electron chi connectivity index (χ4n) is 1.76. The summed E-state index contributed by atoms with van der Waals surface area (Å²) in [6.07, 6.45) is 0.813. The van der Waals surface area contributed by atoms with Gasteiger partial charge in [-0.15, -0.1) is 0 Å². The van der Waals surface area contributed by atoms with Gasteiger partial charge in [0.1, 0.15) is 0 Å². The van der Waals surface area contributed by atoms with Gasteiger partial charge in [0.15, 0.2) is 0 Å². The molecule has 2 rings (SSSR count). The number of anilines is 1. The summed E-state index contributed by atoms with van der Waals surface area (Å²) in [5.41, 5.74) is 10.1. The average molecular weight is 266 g/mol. The van der Waals surface area contributed by atoms with Gasteiger partial charge in [-0.3, -0.25) is 0 Å². The molecule has 0 radical (unpaired) electrons. The topological polar surface area (TPSA) is 26.0 Å². The van der Waals surface area contributed by atoms with Crippen molar-refractivity contribution in [1.82, 2.24) is 0 Å². The molecule has 0 aliphatic carbocycles. The summed E-state index contributed by atoms with van der Waals surface area (Å²) in [7, 11) is 0. The van der Waals surface area contributed by atoms with Gasteiger partial charge in [0.2, 0.25) is 0 Å². The second-order valence-corrected chi connectivity index (χ2v) is 4.96. The van der Waals surface area contributed by atoms with Crippen molar-refractivity contribution < 1.29 is 0 Å². The van der Waals surface area contributed by atoms with E-state index in [2.05, 4.69) is 0 Å². The van der Waals surface area contributed by atoms with E-state index in [0.29, 0.717) is 5.02 Å². The zero-order chi connectivity index (χ0) is 12.4. The van der Waals surface area contributed by atoms with E-state index in [9.17, 15) is 0 Å². The van der Waals surface area contributed by atoms with Gasteiger partial charge in [0.25, 0.3) is 0 Å². The van der Waals surface area contributed by atoms with Crippen LogP contribution in [0.25, 0.3) is 0 Å². The Morgan fingerprint density at radius 2 is 1.65 bits per heavy atom. The van der Waals surface area contributed by atoms with Crippen molar-refractivity contribution >= 4 is 28.9 Å². The molecule has 88 valence electrons. The Labute approximate surface area is 111 Å². The van der Waals surface area contributed by atoms with Crippen molar-refractivity contribution in [3.8, 4) is 0 Å². The Morgan fingerprint density at radius 3 is 2.29 bits per heavy atom. The van der Waals surface area contributed by atoms with Crippen LogP contribution in [0, 0.1) is 6.92 Å². The summed E-state index contributed by atoms with van der Waals surface area (Å²) < 4.78 is 0. The van der Waals surface area contributed by atoms with Crippen LogP contribution in [0.1, 0.15) is 16.7 Å². The molecule has 17 heavy (non-hydrogen) atoms. The van der Waals surface area contributed by atoms with Gasteiger partial charge in [0, 0.05) is 15.7 Å². The molecule has 0 heterocycles. The first-order chi connectivity index (χ1) is 8.06. The Morgan fingerprint density at radius 1 is 1.00 bits per heavy atom. The number of nitrogen functional groups attached to an aromatic ring is 1. The van der Waals surface area contributed by atoms with E-state index in [1.165, 1.54) is 5.56 Å². The molecule has 0 spiro atoms. The van der Waals surface area contributed by atoms with Crippen molar-refractivity contribution in [3.05, 3.63) is 63.1 Å². The Bertz CT molecular complexity index is 533. The predicted octanol–water partition coefficient (Wildman–Crippen LogP) is 4.47. The van der Waals surface area contributed by atoms with E-state index in [1.807, 2.05) is 37.3 Å². The summed E-state index contributed by atoms with van der Waals surface area (Å²) in [5, 5.41) is 1.42. The lowest BCUT2D eigenvalue weighted by Crippen LogP contribution is -1.97. The minimum atomic E-state index is 0.678. The first kappa shape index (κ1) is 12.3. The first-order valence-corrected chi connectivity index (χ1v) is 6.11. The van der Waals surface area contributed by atoms with Crippen LogP contribution in [0.5, 0.6) is 0 Å². The zero-order valence-electron chi connectivity index (χ0n) is 9.50. The molecule has 0 saturated carbocycles. The molecule has 3 heteroatoms. The minimum absolute atomic E-state index is 0.678. The average Bonchev–Trinajstić information content (AvgIpc) is 2.28. The van der Waals surface area contributed by atoms with Gasteiger partial charge in [-0.25, -0.2) is 0 Å². The molecule has 0 amide bonds. The lowest BCUT2D eigenvalue weighted by atomic mass is 9.99. The van der Waals surface area contributed by atoms with E-state index in [1.54, 1.807) is 6.07 Å². The predicted molar refractivity (Wildman–Crippen MR) is 74.9 cm³/mol. The smallest absolute Gasteiger partial charge is 0.0429 e. The Kier molecular flexibility index (Phi) is 3.60. The molecule has 2 aromatic carbocycles. The molecule has 0 aromatic heterocycles. The van der Waals surface area contributed by atoms with Gasteiger partial charge in [0.05, 0.1) is 0 Å². The summed E-state index contributed by atoms with van der Waals surface area (Å²) in [6.45, 7) is 2.01. The molecule has 0 unspecified atom stereocenters. The molecule has 0 saturated heterocycles. The minimum Gasteiger partial charge on any atom is -0.398 e. The van der Waals surface area contributed by atoms with Gasteiger partial charge < -0.3 is 5.73 Å². The summed E-state index contributed by atoms with van der Waals surface area (Å²) in [5.74, 6) is 0. The second-order valence-electron chi connectivity index (χ2n) is 4.08. The van der Waals surface area contributed by atoms with Crippen LogP contribution >= 0.6 is 23.2 Å². The number of hydrogen-bond acceptors (Lipinski definition) is 1. The molecule has 0 aliphatic heterocycles. The van der Waals surface area contributed by atoms with Gasteiger partial charge in [-0.1, -0.05) is 35.3 Å². The van der Waals surface area contributed by atoms with Crippen molar-refractivity contribution in [2.24, 2.45) is 0 Å². The SMILES string of the molecule is Cc1c(N)cc(Cl)cc1Cc1ccc(Cl)cc1. The van der Waals surface area contributed by atoms with Crippen LogP contribution in [0.15, 0.2) is 36.4 Å². The maximum Gasteiger partial charge on any atom is 0.0429 e.